The number of hydrogen-bond donors (Lipinski definition) is 2. The van der Waals surface area contributed by atoms with E-state index in [1.165, 1.54) is 19.2 Å². The van der Waals surface area contributed by atoms with Crippen molar-refractivity contribution in [1.82, 2.24) is 0 Å². The van der Waals surface area contributed by atoms with Crippen LogP contribution in [0.4, 0.5) is 5.69 Å². The van der Waals surface area contributed by atoms with Crippen molar-refractivity contribution in [3.8, 4) is 17.6 Å². The minimum atomic E-state index is -0.0611. The summed E-state index contributed by atoms with van der Waals surface area (Å²) in [6.07, 6.45) is 0. The zero-order chi connectivity index (χ0) is 9.14. The zero-order valence-electron chi connectivity index (χ0n) is 6.53. The molecule has 0 spiro atoms. The first-order valence-electron chi connectivity index (χ1n) is 3.25. The molecule has 1 aromatic rings. The second-order valence-electron chi connectivity index (χ2n) is 2.22. The minimum Gasteiger partial charge on any atom is -0.504 e. The van der Waals surface area contributed by atoms with Gasteiger partial charge < -0.3 is 15.6 Å². The molecule has 0 fully saturated rings. The Bertz CT molecular complexity index is 342. The number of nitriles is 1. The van der Waals surface area contributed by atoms with E-state index in [1.54, 1.807) is 0 Å². The molecule has 0 bridgehead atoms. The number of nitrogens with zero attached hydrogens (tertiary/aromatic N) is 1. The van der Waals surface area contributed by atoms with Gasteiger partial charge in [-0.2, -0.15) is 5.26 Å². The van der Waals surface area contributed by atoms with Crippen LogP contribution in [-0.4, -0.2) is 12.2 Å². The van der Waals surface area contributed by atoms with Gasteiger partial charge in [0.2, 0.25) is 0 Å². The Morgan fingerprint density at radius 3 is 2.75 bits per heavy atom. The van der Waals surface area contributed by atoms with Crippen molar-refractivity contribution in [3.63, 3.8) is 0 Å². The summed E-state index contributed by atoms with van der Waals surface area (Å²) < 4.78 is 4.79. The molecule has 12 heavy (non-hydrogen) atoms. The number of methoxy groups -OCH3 is 1. The molecule has 3 N–H and O–H groups in total. The highest BCUT2D eigenvalue weighted by Gasteiger charge is 2.06. The number of nitrogen functional groups attached to an aromatic ring is 1. The maximum Gasteiger partial charge on any atom is 0.161 e. The minimum absolute atomic E-state index is 0.0611. The number of phenolic OH excluding ortho intramolecular Hbond substituents is 1. The van der Waals surface area contributed by atoms with E-state index in [0.717, 1.165) is 0 Å². The van der Waals surface area contributed by atoms with E-state index in [1.807, 2.05) is 6.07 Å². The molecule has 0 aliphatic heterocycles. The van der Waals surface area contributed by atoms with Crippen LogP contribution in [0.15, 0.2) is 12.1 Å². The smallest absolute Gasteiger partial charge is 0.161 e. The molecule has 62 valence electrons. The van der Waals surface area contributed by atoms with E-state index >= 15 is 0 Å². The third kappa shape index (κ3) is 1.25. The Hall–Kier alpha value is -1.89. The normalized spacial score (nSPS) is 9.00. The Balaban J connectivity index is 3.30. The van der Waals surface area contributed by atoms with Gasteiger partial charge in [0, 0.05) is 12.1 Å². The standard InChI is InChI=1S/C8H8N2O2/c1-12-8-2-5(4-9)6(10)3-7(8)11/h2-3,11H,10H2,1H3. The Morgan fingerprint density at radius 1 is 1.58 bits per heavy atom. The van der Waals surface area contributed by atoms with Crippen molar-refractivity contribution in [3.05, 3.63) is 17.7 Å². The Morgan fingerprint density at radius 2 is 2.25 bits per heavy atom. The van der Waals surface area contributed by atoms with Crippen molar-refractivity contribution in [2.75, 3.05) is 12.8 Å². The number of hydrogen-bond acceptors (Lipinski definition) is 4. The summed E-state index contributed by atoms with van der Waals surface area (Å²) in [5, 5.41) is 17.8. The van der Waals surface area contributed by atoms with Gasteiger partial charge in [-0.1, -0.05) is 0 Å². The SMILES string of the molecule is COc1cc(C#N)c(N)cc1O. The number of phenols is 1. The molecular formula is C8H8N2O2. The molecular weight excluding hydrogens is 156 g/mol. The number of anilines is 1. The van der Waals surface area contributed by atoms with Gasteiger partial charge in [0.05, 0.1) is 18.4 Å². The quantitative estimate of drug-likeness (QED) is 0.603. The maximum absolute atomic E-state index is 9.20. The van der Waals surface area contributed by atoms with Crippen LogP contribution >= 0.6 is 0 Å². The van der Waals surface area contributed by atoms with Crippen molar-refractivity contribution in [2.45, 2.75) is 0 Å². The van der Waals surface area contributed by atoms with Crippen LogP contribution in [0.5, 0.6) is 11.5 Å². The van der Waals surface area contributed by atoms with Crippen molar-refractivity contribution in [1.29, 1.82) is 5.26 Å². The van der Waals surface area contributed by atoms with E-state index in [0.29, 0.717) is 5.56 Å². The molecule has 0 amide bonds. The molecule has 0 saturated carbocycles. The number of benzene rings is 1. The van der Waals surface area contributed by atoms with Crippen LogP contribution in [0.3, 0.4) is 0 Å². The summed E-state index contributed by atoms with van der Waals surface area (Å²) >= 11 is 0. The average molecular weight is 164 g/mol. The fourth-order valence-electron chi connectivity index (χ4n) is 0.845. The predicted octanol–water partition coefficient (Wildman–Crippen LogP) is 0.855. The van der Waals surface area contributed by atoms with Crippen LogP contribution in [-0.2, 0) is 0 Å². The van der Waals surface area contributed by atoms with Crippen molar-refractivity contribution < 1.29 is 9.84 Å². The van der Waals surface area contributed by atoms with E-state index in [4.69, 9.17) is 15.7 Å². The second kappa shape index (κ2) is 3.01. The fourth-order valence-corrected chi connectivity index (χ4v) is 0.845. The molecule has 1 rings (SSSR count). The Labute approximate surface area is 69.8 Å². The van der Waals surface area contributed by atoms with E-state index in [-0.39, 0.29) is 17.2 Å². The molecule has 0 atom stereocenters. The first-order chi connectivity index (χ1) is 5.69. The van der Waals surface area contributed by atoms with E-state index in [9.17, 15) is 5.11 Å². The van der Waals surface area contributed by atoms with Crippen LogP contribution in [0, 0.1) is 11.3 Å². The van der Waals surface area contributed by atoms with Crippen LogP contribution < -0.4 is 10.5 Å². The molecule has 0 aliphatic rings. The highest BCUT2D eigenvalue weighted by atomic mass is 16.5. The lowest BCUT2D eigenvalue weighted by Crippen LogP contribution is -1.92. The number of aromatic hydroxyl groups is 1. The molecule has 0 unspecified atom stereocenters. The molecule has 0 aromatic heterocycles. The molecule has 0 aliphatic carbocycles. The average Bonchev–Trinajstić information content (AvgIpc) is 2.05. The lowest BCUT2D eigenvalue weighted by Gasteiger charge is -2.04. The molecule has 0 radical (unpaired) electrons. The van der Waals surface area contributed by atoms with Gasteiger partial charge in [0.15, 0.2) is 11.5 Å². The summed E-state index contributed by atoms with van der Waals surface area (Å²) in [5.74, 6) is 0.190. The highest BCUT2D eigenvalue weighted by molar-refractivity contribution is 5.61. The monoisotopic (exact) mass is 164 g/mol. The first-order valence-corrected chi connectivity index (χ1v) is 3.25. The largest absolute Gasteiger partial charge is 0.504 e. The summed E-state index contributed by atoms with van der Waals surface area (Å²) in [4.78, 5) is 0. The number of nitrogens with two attached hydrogens (primary N) is 1. The number of ether oxygens (including phenoxy) is 1. The zero-order valence-corrected chi connectivity index (χ0v) is 6.53. The highest BCUT2D eigenvalue weighted by Crippen LogP contribution is 2.30. The topological polar surface area (TPSA) is 79.3 Å². The molecule has 1 aromatic carbocycles. The lowest BCUT2D eigenvalue weighted by molar-refractivity contribution is 0.373. The van der Waals surface area contributed by atoms with Crippen molar-refractivity contribution >= 4 is 5.69 Å². The first kappa shape index (κ1) is 8.21. The lowest BCUT2D eigenvalue weighted by atomic mass is 10.2. The van der Waals surface area contributed by atoms with Crippen LogP contribution in [0.1, 0.15) is 5.56 Å². The second-order valence-corrected chi connectivity index (χ2v) is 2.22. The summed E-state index contributed by atoms with van der Waals surface area (Å²) in [7, 11) is 1.41. The third-order valence-corrected chi connectivity index (χ3v) is 1.47. The molecule has 0 heterocycles. The molecule has 4 heteroatoms. The van der Waals surface area contributed by atoms with Gasteiger partial charge >= 0.3 is 0 Å². The van der Waals surface area contributed by atoms with Gasteiger partial charge in [-0.25, -0.2) is 0 Å². The molecule has 0 saturated heterocycles. The van der Waals surface area contributed by atoms with E-state index in [2.05, 4.69) is 0 Å². The fraction of sp³-hybridized carbons (Fsp3) is 0.125. The number of rotatable bonds is 1. The molecule has 4 nitrogen and oxygen atoms in total. The predicted molar refractivity (Wildman–Crippen MR) is 43.8 cm³/mol. The summed E-state index contributed by atoms with van der Waals surface area (Å²) in [6, 6.07) is 4.56. The van der Waals surface area contributed by atoms with E-state index < -0.39 is 0 Å². The summed E-state index contributed by atoms with van der Waals surface area (Å²) in [5.41, 5.74) is 5.96. The van der Waals surface area contributed by atoms with Gasteiger partial charge in [0.25, 0.3) is 0 Å². The summed E-state index contributed by atoms with van der Waals surface area (Å²) in [6.45, 7) is 0. The van der Waals surface area contributed by atoms with Gasteiger partial charge in [-0.05, 0) is 0 Å². The Kier molecular flexibility index (Phi) is 2.06. The van der Waals surface area contributed by atoms with Gasteiger partial charge in [-0.3, -0.25) is 0 Å². The maximum atomic E-state index is 9.20. The van der Waals surface area contributed by atoms with Gasteiger partial charge in [0.1, 0.15) is 6.07 Å². The van der Waals surface area contributed by atoms with Crippen molar-refractivity contribution in [2.24, 2.45) is 0 Å². The van der Waals surface area contributed by atoms with Crippen LogP contribution in [0.25, 0.3) is 0 Å². The van der Waals surface area contributed by atoms with Gasteiger partial charge in [-0.15, -0.1) is 0 Å². The third-order valence-electron chi connectivity index (χ3n) is 1.47. The van der Waals surface area contributed by atoms with Crippen LogP contribution in [0.2, 0.25) is 0 Å².